The number of fused-ring (bicyclic) bond motifs is 3. The number of nitrogens with zero attached hydrogens (tertiary/aromatic N) is 1. The number of rotatable bonds is 4. The van der Waals surface area contributed by atoms with Gasteiger partial charge >= 0.3 is 0 Å². The van der Waals surface area contributed by atoms with E-state index < -0.39 is 6.04 Å². The number of Topliss-reactive ketones (excluding diaryl/α,β-unsaturated/α-hetero) is 1. The molecule has 2 N–H and O–H groups in total. The van der Waals surface area contributed by atoms with Crippen LogP contribution in [-0.4, -0.2) is 61.5 Å². The topological polar surface area (TPSA) is 70.7 Å². The van der Waals surface area contributed by atoms with Gasteiger partial charge in [-0.25, -0.2) is 0 Å². The molecule has 1 aliphatic carbocycles. The molecule has 3 atom stereocenters. The summed E-state index contributed by atoms with van der Waals surface area (Å²) in [5, 5.41) is 6.31. The van der Waals surface area contributed by atoms with Gasteiger partial charge in [-0.3, -0.25) is 9.59 Å². The molecule has 1 aromatic rings. The second-order valence-corrected chi connectivity index (χ2v) is 8.31. The Morgan fingerprint density at radius 3 is 2.93 bits per heavy atom. The van der Waals surface area contributed by atoms with E-state index >= 15 is 0 Å². The van der Waals surface area contributed by atoms with Crippen LogP contribution in [0, 0.1) is 6.92 Å². The van der Waals surface area contributed by atoms with Crippen LogP contribution >= 0.6 is 0 Å². The maximum atomic E-state index is 12.6. The van der Waals surface area contributed by atoms with E-state index in [4.69, 9.17) is 4.74 Å². The Balaban J connectivity index is 1.44. The summed E-state index contributed by atoms with van der Waals surface area (Å²) >= 11 is 0. The summed E-state index contributed by atoms with van der Waals surface area (Å²) in [5.41, 5.74) is 2.12. The first kappa shape index (κ1) is 18.4. The summed E-state index contributed by atoms with van der Waals surface area (Å²) in [6.07, 6.45) is 1.34. The monoisotopic (exact) mass is 371 g/mol. The van der Waals surface area contributed by atoms with Crippen LogP contribution in [0.2, 0.25) is 0 Å². The second kappa shape index (κ2) is 7.24. The minimum Gasteiger partial charge on any atom is -0.487 e. The van der Waals surface area contributed by atoms with E-state index in [2.05, 4.69) is 35.4 Å². The molecular formula is C21H29N3O3. The first-order chi connectivity index (χ1) is 13.0. The van der Waals surface area contributed by atoms with Crippen LogP contribution in [0.25, 0.3) is 0 Å². The SMILES string of the molecule is Cc1ccc2c(c1)[C@]1(C)CCC(=O)[C@H](NC(=O)CCN3CCNCC3)[C@@H]1O2. The number of ketones is 1. The highest BCUT2D eigenvalue weighted by Crippen LogP contribution is 2.49. The number of carbonyl (C=O) groups excluding carboxylic acids is 2. The van der Waals surface area contributed by atoms with E-state index in [1.54, 1.807) is 0 Å². The minimum atomic E-state index is -0.563. The molecular weight excluding hydrogens is 342 g/mol. The lowest BCUT2D eigenvalue weighted by atomic mass is 9.67. The zero-order chi connectivity index (χ0) is 19.0. The third kappa shape index (κ3) is 3.48. The van der Waals surface area contributed by atoms with Crippen LogP contribution in [0.15, 0.2) is 18.2 Å². The molecule has 0 aromatic heterocycles. The standard InChI is InChI=1S/C21H29N3O3/c1-14-3-4-17-15(13-14)21(2)7-5-16(25)19(20(21)27-17)23-18(26)6-10-24-11-8-22-9-12-24/h3-4,13,19-20,22H,5-12H2,1-2H3,(H,23,26)/t19-,20-,21-/m0/s1. The molecule has 6 nitrogen and oxygen atoms in total. The summed E-state index contributed by atoms with van der Waals surface area (Å²) in [4.78, 5) is 27.5. The third-order valence-corrected chi connectivity index (χ3v) is 6.35. The van der Waals surface area contributed by atoms with Crippen molar-refractivity contribution in [2.24, 2.45) is 0 Å². The van der Waals surface area contributed by atoms with Crippen molar-refractivity contribution in [1.82, 2.24) is 15.5 Å². The summed E-state index contributed by atoms with van der Waals surface area (Å²) in [6.45, 7) is 8.83. The Morgan fingerprint density at radius 1 is 1.37 bits per heavy atom. The van der Waals surface area contributed by atoms with Gasteiger partial charge in [-0.1, -0.05) is 24.6 Å². The quantitative estimate of drug-likeness (QED) is 0.831. The van der Waals surface area contributed by atoms with Crippen molar-refractivity contribution >= 4 is 11.7 Å². The first-order valence-corrected chi connectivity index (χ1v) is 10.0. The average molecular weight is 371 g/mol. The van der Waals surface area contributed by atoms with Crippen LogP contribution < -0.4 is 15.4 Å². The molecule has 2 heterocycles. The lowest BCUT2D eigenvalue weighted by molar-refractivity contribution is -0.133. The molecule has 0 bridgehead atoms. The number of amides is 1. The van der Waals surface area contributed by atoms with Gasteiger partial charge in [-0.05, 0) is 19.4 Å². The Hall–Kier alpha value is -1.92. The molecule has 1 saturated carbocycles. The average Bonchev–Trinajstić information content (AvgIpc) is 2.96. The largest absolute Gasteiger partial charge is 0.487 e. The Kier molecular flexibility index (Phi) is 4.95. The summed E-state index contributed by atoms with van der Waals surface area (Å²) in [5.74, 6) is 0.868. The molecule has 1 saturated heterocycles. The normalized spacial score (nSPS) is 30.4. The molecule has 2 aliphatic heterocycles. The van der Waals surface area contributed by atoms with E-state index in [0.717, 1.165) is 44.9 Å². The first-order valence-electron chi connectivity index (χ1n) is 10.0. The number of hydrogen-bond acceptors (Lipinski definition) is 5. The zero-order valence-electron chi connectivity index (χ0n) is 16.2. The van der Waals surface area contributed by atoms with Crippen molar-refractivity contribution in [3.05, 3.63) is 29.3 Å². The van der Waals surface area contributed by atoms with E-state index in [9.17, 15) is 9.59 Å². The number of ether oxygens (including phenoxy) is 1. The van der Waals surface area contributed by atoms with E-state index in [-0.39, 0.29) is 23.2 Å². The van der Waals surface area contributed by atoms with Gasteiger partial charge in [-0.2, -0.15) is 0 Å². The van der Waals surface area contributed by atoms with Gasteiger partial charge in [0.25, 0.3) is 0 Å². The molecule has 2 fully saturated rings. The second-order valence-electron chi connectivity index (χ2n) is 8.31. The fourth-order valence-corrected chi connectivity index (χ4v) is 4.63. The van der Waals surface area contributed by atoms with Crippen molar-refractivity contribution in [3.8, 4) is 5.75 Å². The number of nitrogens with one attached hydrogen (secondary N) is 2. The fourth-order valence-electron chi connectivity index (χ4n) is 4.63. The third-order valence-electron chi connectivity index (χ3n) is 6.35. The fraction of sp³-hybridized carbons (Fsp3) is 0.619. The Labute approximate surface area is 160 Å². The molecule has 27 heavy (non-hydrogen) atoms. The van der Waals surface area contributed by atoms with Crippen LogP contribution in [0.4, 0.5) is 0 Å². The molecule has 1 aromatic carbocycles. The van der Waals surface area contributed by atoms with Crippen molar-refractivity contribution < 1.29 is 14.3 Å². The molecule has 3 aliphatic rings. The molecule has 0 radical (unpaired) electrons. The predicted molar refractivity (Wildman–Crippen MR) is 103 cm³/mol. The highest BCUT2D eigenvalue weighted by atomic mass is 16.5. The molecule has 4 rings (SSSR count). The maximum absolute atomic E-state index is 12.6. The van der Waals surface area contributed by atoms with Gasteiger partial charge in [0, 0.05) is 56.5 Å². The lowest BCUT2D eigenvalue weighted by Crippen LogP contribution is -2.59. The van der Waals surface area contributed by atoms with Crippen LogP contribution in [0.3, 0.4) is 0 Å². The highest BCUT2D eigenvalue weighted by molar-refractivity contribution is 5.91. The van der Waals surface area contributed by atoms with E-state index in [0.29, 0.717) is 12.8 Å². The summed E-state index contributed by atoms with van der Waals surface area (Å²) < 4.78 is 6.19. The van der Waals surface area contributed by atoms with Crippen molar-refractivity contribution in [3.63, 3.8) is 0 Å². The number of hydrogen-bond donors (Lipinski definition) is 2. The lowest BCUT2D eigenvalue weighted by Gasteiger charge is -2.39. The van der Waals surface area contributed by atoms with Crippen molar-refractivity contribution in [2.45, 2.75) is 50.7 Å². The molecule has 6 heteroatoms. The van der Waals surface area contributed by atoms with Gasteiger partial charge in [0.1, 0.15) is 17.9 Å². The van der Waals surface area contributed by atoms with Crippen molar-refractivity contribution in [1.29, 1.82) is 0 Å². The number of benzene rings is 1. The maximum Gasteiger partial charge on any atom is 0.221 e. The smallest absolute Gasteiger partial charge is 0.221 e. The Morgan fingerprint density at radius 2 is 2.15 bits per heavy atom. The van der Waals surface area contributed by atoms with E-state index in [1.165, 1.54) is 11.1 Å². The van der Waals surface area contributed by atoms with Gasteiger partial charge in [0.2, 0.25) is 5.91 Å². The molecule has 0 spiro atoms. The van der Waals surface area contributed by atoms with Crippen LogP contribution in [-0.2, 0) is 15.0 Å². The summed E-state index contributed by atoms with van der Waals surface area (Å²) in [6, 6.07) is 5.62. The van der Waals surface area contributed by atoms with Crippen LogP contribution in [0.1, 0.15) is 37.3 Å². The van der Waals surface area contributed by atoms with Gasteiger partial charge in [0.15, 0.2) is 5.78 Å². The van der Waals surface area contributed by atoms with Gasteiger partial charge in [-0.15, -0.1) is 0 Å². The Bertz CT molecular complexity index is 744. The number of aryl methyl sites for hydroxylation is 1. The predicted octanol–water partition coefficient (Wildman–Crippen LogP) is 1.16. The van der Waals surface area contributed by atoms with Crippen molar-refractivity contribution in [2.75, 3.05) is 32.7 Å². The molecule has 146 valence electrons. The molecule has 1 amide bonds. The highest BCUT2D eigenvalue weighted by Gasteiger charge is 2.54. The van der Waals surface area contributed by atoms with Gasteiger partial charge < -0.3 is 20.3 Å². The minimum absolute atomic E-state index is 0.0631. The van der Waals surface area contributed by atoms with E-state index in [1.807, 2.05) is 12.1 Å². The number of piperazine rings is 1. The number of carbonyl (C=O) groups is 2. The zero-order valence-corrected chi connectivity index (χ0v) is 16.2. The van der Waals surface area contributed by atoms with Gasteiger partial charge in [0.05, 0.1) is 0 Å². The summed E-state index contributed by atoms with van der Waals surface area (Å²) in [7, 11) is 0. The van der Waals surface area contributed by atoms with Crippen LogP contribution in [0.5, 0.6) is 5.75 Å². The molecule has 0 unspecified atom stereocenters.